The van der Waals surface area contributed by atoms with Crippen LogP contribution in [0.15, 0.2) is 30.3 Å². The van der Waals surface area contributed by atoms with Crippen LogP contribution >= 0.6 is 0 Å². The number of carbonyl (C=O) groups excluding carboxylic acids is 1. The van der Waals surface area contributed by atoms with Gasteiger partial charge in [-0.25, -0.2) is 0 Å². The number of fused-ring (bicyclic) bond motifs is 1. The van der Waals surface area contributed by atoms with Crippen molar-refractivity contribution in [1.82, 2.24) is 0 Å². The van der Waals surface area contributed by atoms with E-state index in [-0.39, 0.29) is 34.9 Å². The largest absolute Gasteiger partial charge is 0.508 e. The smallest absolute Gasteiger partial charge is 0.262 e. The Morgan fingerprint density at radius 2 is 1.81 bits per heavy atom. The van der Waals surface area contributed by atoms with Crippen LogP contribution in [0.2, 0.25) is 0 Å². The van der Waals surface area contributed by atoms with Crippen LogP contribution in [-0.4, -0.2) is 28.7 Å². The molecule has 1 amide bonds. The lowest BCUT2D eigenvalue weighted by Gasteiger charge is -2.28. The number of hydrogen-bond donors (Lipinski definition) is 3. The Morgan fingerprint density at radius 3 is 2.46 bits per heavy atom. The molecule has 0 unspecified atom stereocenters. The highest BCUT2D eigenvalue weighted by atomic mass is 16.3. The fourth-order valence-corrected chi connectivity index (χ4v) is 3.45. The Labute approximate surface area is 154 Å². The van der Waals surface area contributed by atoms with Gasteiger partial charge in [0.15, 0.2) is 0 Å². The van der Waals surface area contributed by atoms with Gasteiger partial charge < -0.3 is 20.4 Å². The molecule has 0 saturated carbocycles. The molecule has 1 heterocycles. The van der Waals surface area contributed by atoms with Crippen LogP contribution in [0.4, 0.5) is 11.4 Å². The van der Waals surface area contributed by atoms with E-state index < -0.39 is 0 Å². The SMILES string of the molecule is CC(C)c1cc(C(=O)N(c2ccc3c(c2)CCN3)C(C)C)c(O)cc1O. The summed E-state index contributed by atoms with van der Waals surface area (Å²) < 4.78 is 0. The van der Waals surface area contributed by atoms with Crippen molar-refractivity contribution in [3.63, 3.8) is 0 Å². The fraction of sp³-hybridized carbons (Fsp3) is 0.381. The summed E-state index contributed by atoms with van der Waals surface area (Å²) in [6.45, 7) is 8.68. The van der Waals surface area contributed by atoms with Crippen molar-refractivity contribution in [2.75, 3.05) is 16.8 Å². The Kier molecular flexibility index (Phi) is 4.81. The van der Waals surface area contributed by atoms with Crippen molar-refractivity contribution in [2.24, 2.45) is 0 Å². The van der Waals surface area contributed by atoms with E-state index in [4.69, 9.17) is 0 Å². The number of phenols is 2. The number of rotatable bonds is 4. The summed E-state index contributed by atoms with van der Waals surface area (Å²) in [5.41, 5.74) is 3.97. The molecule has 0 atom stereocenters. The Bertz CT molecular complexity index is 843. The van der Waals surface area contributed by atoms with Gasteiger partial charge >= 0.3 is 0 Å². The highest BCUT2D eigenvalue weighted by Gasteiger charge is 2.26. The average molecular weight is 354 g/mol. The number of carbonyl (C=O) groups is 1. The zero-order valence-corrected chi connectivity index (χ0v) is 15.7. The molecule has 0 bridgehead atoms. The number of anilines is 2. The van der Waals surface area contributed by atoms with Crippen LogP contribution in [0.25, 0.3) is 0 Å². The molecule has 0 radical (unpaired) electrons. The Balaban J connectivity index is 2.04. The lowest BCUT2D eigenvalue weighted by atomic mass is 9.98. The van der Waals surface area contributed by atoms with Crippen LogP contribution in [-0.2, 0) is 6.42 Å². The molecule has 2 aromatic rings. The predicted octanol–water partition coefficient (Wildman–Crippen LogP) is 4.24. The minimum absolute atomic E-state index is 0.00810. The van der Waals surface area contributed by atoms with Gasteiger partial charge in [-0.15, -0.1) is 0 Å². The summed E-state index contributed by atoms with van der Waals surface area (Å²) in [4.78, 5) is 15.0. The Hall–Kier alpha value is -2.69. The third-order valence-corrected chi connectivity index (χ3v) is 4.81. The zero-order valence-electron chi connectivity index (χ0n) is 15.7. The zero-order chi connectivity index (χ0) is 19.0. The minimum Gasteiger partial charge on any atom is -0.508 e. The normalized spacial score (nSPS) is 13.0. The maximum Gasteiger partial charge on any atom is 0.262 e. The van der Waals surface area contributed by atoms with Crippen molar-refractivity contribution < 1.29 is 15.0 Å². The third-order valence-electron chi connectivity index (χ3n) is 4.81. The lowest BCUT2D eigenvalue weighted by Crippen LogP contribution is -2.37. The summed E-state index contributed by atoms with van der Waals surface area (Å²) in [6.07, 6.45) is 0.936. The van der Waals surface area contributed by atoms with E-state index in [1.165, 1.54) is 11.6 Å². The van der Waals surface area contributed by atoms with E-state index in [9.17, 15) is 15.0 Å². The van der Waals surface area contributed by atoms with Crippen LogP contribution in [0.5, 0.6) is 11.5 Å². The van der Waals surface area contributed by atoms with E-state index in [1.807, 2.05) is 45.9 Å². The standard InChI is InChI=1S/C21H26N2O3/c1-12(2)16-10-17(20(25)11-19(16)24)21(26)23(13(3)4)15-5-6-18-14(9-15)7-8-22-18/h5-6,9-13,22,24-25H,7-8H2,1-4H3. The molecule has 0 saturated heterocycles. The average Bonchev–Trinajstić information content (AvgIpc) is 3.02. The number of phenolic OH excluding ortho intramolecular Hbond substituents is 2. The van der Waals surface area contributed by atoms with Gasteiger partial charge in [0.1, 0.15) is 11.5 Å². The third kappa shape index (κ3) is 3.21. The van der Waals surface area contributed by atoms with Crippen LogP contribution < -0.4 is 10.2 Å². The molecule has 1 aliphatic heterocycles. The molecule has 0 spiro atoms. The molecule has 0 aromatic heterocycles. The molecule has 2 aromatic carbocycles. The quantitative estimate of drug-likeness (QED) is 0.768. The first-order valence-electron chi connectivity index (χ1n) is 9.05. The van der Waals surface area contributed by atoms with Gasteiger partial charge in [0.2, 0.25) is 0 Å². The summed E-state index contributed by atoms with van der Waals surface area (Å²) in [7, 11) is 0. The Morgan fingerprint density at radius 1 is 1.08 bits per heavy atom. The van der Waals surface area contributed by atoms with Crippen molar-refractivity contribution in [3.05, 3.63) is 47.0 Å². The monoisotopic (exact) mass is 354 g/mol. The molecule has 0 aliphatic carbocycles. The van der Waals surface area contributed by atoms with Crippen LogP contribution in [0.3, 0.4) is 0 Å². The second-order valence-corrected chi connectivity index (χ2v) is 7.37. The van der Waals surface area contributed by atoms with E-state index in [0.717, 1.165) is 24.3 Å². The summed E-state index contributed by atoms with van der Waals surface area (Å²) in [5.74, 6) is -0.426. The van der Waals surface area contributed by atoms with Gasteiger partial charge in [-0.3, -0.25) is 4.79 Å². The molecule has 138 valence electrons. The number of hydrogen-bond acceptors (Lipinski definition) is 4. The number of amides is 1. The fourth-order valence-electron chi connectivity index (χ4n) is 3.45. The van der Waals surface area contributed by atoms with Gasteiger partial charge in [-0.1, -0.05) is 13.8 Å². The van der Waals surface area contributed by atoms with Crippen molar-refractivity contribution in [2.45, 2.75) is 46.1 Å². The molecule has 3 N–H and O–H groups in total. The number of nitrogens with one attached hydrogen (secondary N) is 1. The second kappa shape index (κ2) is 6.90. The maximum atomic E-state index is 13.3. The molecular weight excluding hydrogens is 328 g/mol. The van der Waals surface area contributed by atoms with Crippen LogP contribution in [0.1, 0.15) is 55.1 Å². The van der Waals surface area contributed by atoms with E-state index >= 15 is 0 Å². The number of benzene rings is 2. The van der Waals surface area contributed by atoms with Gasteiger partial charge in [0, 0.05) is 30.0 Å². The van der Waals surface area contributed by atoms with Gasteiger partial charge in [0.25, 0.3) is 5.91 Å². The maximum absolute atomic E-state index is 13.3. The summed E-state index contributed by atoms with van der Waals surface area (Å²) >= 11 is 0. The molecule has 26 heavy (non-hydrogen) atoms. The first kappa shape index (κ1) is 18.1. The predicted molar refractivity (Wildman–Crippen MR) is 104 cm³/mol. The van der Waals surface area contributed by atoms with Crippen molar-refractivity contribution in [1.29, 1.82) is 0 Å². The van der Waals surface area contributed by atoms with E-state index in [1.54, 1.807) is 11.0 Å². The molecule has 3 rings (SSSR count). The first-order chi connectivity index (χ1) is 12.3. The van der Waals surface area contributed by atoms with E-state index in [2.05, 4.69) is 5.32 Å². The molecule has 5 nitrogen and oxygen atoms in total. The summed E-state index contributed by atoms with van der Waals surface area (Å²) in [5, 5.41) is 23.7. The molecule has 1 aliphatic rings. The van der Waals surface area contributed by atoms with Gasteiger partial charge in [-0.05, 0) is 61.6 Å². The highest BCUT2D eigenvalue weighted by Crippen LogP contribution is 2.35. The van der Waals surface area contributed by atoms with Crippen LogP contribution in [0, 0.1) is 0 Å². The topological polar surface area (TPSA) is 72.8 Å². The second-order valence-electron chi connectivity index (χ2n) is 7.37. The van der Waals surface area contributed by atoms with Crippen molar-refractivity contribution in [3.8, 4) is 11.5 Å². The number of nitrogens with zero attached hydrogens (tertiary/aromatic N) is 1. The molecular formula is C21H26N2O3. The summed E-state index contributed by atoms with van der Waals surface area (Å²) in [6, 6.07) is 8.74. The van der Waals surface area contributed by atoms with Gasteiger partial charge in [-0.2, -0.15) is 0 Å². The highest BCUT2D eigenvalue weighted by molar-refractivity contribution is 6.08. The minimum atomic E-state index is -0.273. The first-order valence-corrected chi connectivity index (χ1v) is 9.05. The molecule has 0 fully saturated rings. The molecule has 5 heteroatoms. The number of aromatic hydroxyl groups is 2. The lowest BCUT2D eigenvalue weighted by molar-refractivity contribution is 0.0977. The van der Waals surface area contributed by atoms with Gasteiger partial charge in [0.05, 0.1) is 5.56 Å². The van der Waals surface area contributed by atoms with E-state index in [0.29, 0.717) is 5.56 Å². The van der Waals surface area contributed by atoms with Crippen molar-refractivity contribution >= 4 is 17.3 Å².